The molecule has 8 heteroatoms. The van der Waals surface area contributed by atoms with E-state index in [-0.39, 0.29) is 13.0 Å². The standard InChI is InChI=1S/C10H11F3N2O2S/c11-10(12,13)6-17-5-8(16)3-7-4-15-1-2-18-9(15)14-7/h1-2,4,8,16H,3,5-6H2. The van der Waals surface area contributed by atoms with Gasteiger partial charge in [0.25, 0.3) is 0 Å². The normalized spacial score (nSPS) is 14.2. The number of imidazole rings is 1. The van der Waals surface area contributed by atoms with E-state index in [1.165, 1.54) is 11.3 Å². The van der Waals surface area contributed by atoms with Gasteiger partial charge in [-0.2, -0.15) is 13.2 Å². The fraction of sp³-hybridized carbons (Fsp3) is 0.500. The molecule has 0 aliphatic carbocycles. The number of thiazole rings is 1. The number of alkyl halides is 3. The van der Waals surface area contributed by atoms with Crippen molar-refractivity contribution in [1.82, 2.24) is 9.38 Å². The van der Waals surface area contributed by atoms with Gasteiger partial charge in [-0.25, -0.2) is 4.98 Å². The molecule has 0 fully saturated rings. The van der Waals surface area contributed by atoms with Crippen LogP contribution in [0.4, 0.5) is 13.2 Å². The number of rotatable bonds is 5. The lowest BCUT2D eigenvalue weighted by molar-refractivity contribution is -0.179. The van der Waals surface area contributed by atoms with Crippen LogP contribution in [-0.2, 0) is 11.2 Å². The van der Waals surface area contributed by atoms with E-state index >= 15 is 0 Å². The summed E-state index contributed by atoms with van der Waals surface area (Å²) in [5, 5.41) is 11.4. The van der Waals surface area contributed by atoms with Crippen LogP contribution in [0, 0.1) is 0 Å². The van der Waals surface area contributed by atoms with Gasteiger partial charge in [-0.15, -0.1) is 11.3 Å². The third kappa shape index (κ3) is 3.69. The summed E-state index contributed by atoms with van der Waals surface area (Å²) in [6, 6.07) is 0. The van der Waals surface area contributed by atoms with Gasteiger partial charge in [0, 0.05) is 24.2 Å². The van der Waals surface area contributed by atoms with Crippen LogP contribution in [0.5, 0.6) is 0 Å². The summed E-state index contributed by atoms with van der Waals surface area (Å²) in [5.74, 6) is 0. The summed E-state index contributed by atoms with van der Waals surface area (Å²) in [6.07, 6.45) is -1.62. The number of aliphatic hydroxyl groups is 1. The van der Waals surface area contributed by atoms with Gasteiger partial charge in [-0.1, -0.05) is 0 Å². The highest BCUT2D eigenvalue weighted by molar-refractivity contribution is 7.15. The van der Waals surface area contributed by atoms with E-state index in [0.717, 1.165) is 4.96 Å². The number of fused-ring (bicyclic) bond motifs is 1. The van der Waals surface area contributed by atoms with Crippen LogP contribution in [0.25, 0.3) is 4.96 Å². The SMILES string of the molecule is OC(COCC(F)(F)F)Cc1cn2ccsc2n1. The molecule has 0 aliphatic rings. The van der Waals surface area contributed by atoms with E-state index in [1.54, 1.807) is 10.6 Å². The summed E-state index contributed by atoms with van der Waals surface area (Å²) < 4.78 is 41.6. The second-order valence-electron chi connectivity index (χ2n) is 3.81. The fourth-order valence-electron chi connectivity index (χ4n) is 1.49. The van der Waals surface area contributed by atoms with E-state index in [0.29, 0.717) is 5.69 Å². The van der Waals surface area contributed by atoms with Crippen LogP contribution in [-0.4, -0.2) is 40.0 Å². The maximum Gasteiger partial charge on any atom is 0.411 e. The first kappa shape index (κ1) is 13.3. The van der Waals surface area contributed by atoms with Gasteiger partial charge in [0.1, 0.15) is 6.61 Å². The summed E-state index contributed by atoms with van der Waals surface area (Å²) >= 11 is 1.45. The molecule has 0 aliphatic heterocycles. The minimum atomic E-state index is -4.36. The Balaban J connectivity index is 1.80. The average molecular weight is 280 g/mol. The highest BCUT2D eigenvalue weighted by atomic mass is 32.1. The zero-order valence-electron chi connectivity index (χ0n) is 9.22. The maximum atomic E-state index is 11.8. The summed E-state index contributed by atoms with van der Waals surface area (Å²) in [4.78, 5) is 5.00. The molecule has 100 valence electrons. The Labute approximate surface area is 105 Å². The molecule has 2 aromatic heterocycles. The molecule has 0 amide bonds. The number of aliphatic hydroxyl groups excluding tert-OH is 1. The van der Waals surface area contributed by atoms with E-state index in [2.05, 4.69) is 9.72 Å². The van der Waals surface area contributed by atoms with Crippen molar-refractivity contribution < 1.29 is 23.0 Å². The lowest BCUT2D eigenvalue weighted by atomic mass is 10.2. The van der Waals surface area contributed by atoms with Crippen LogP contribution in [0.1, 0.15) is 5.69 Å². The lowest BCUT2D eigenvalue weighted by Gasteiger charge is -2.11. The van der Waals surface area contributed by atoms with Crippen molar-refractivity contribution in [2.75, 3.05) is 13.2 Å². The van der Waals surface area contributed by atoms with Crippen LogP contribution >= 0.6 is 11.3 Å². The molecule has 0 radical (unpaired) electrons. The van der Waals surface area contributed by atoms with Crippen LogP contribution < -0.4 is 0 Å². The van der Waals surface area contributed by atoms with Gasteiger partial charge in [0.15, 0.2) is 4.96 Å². The molecule has 0 bridgehead atoms. The number of ether oxygens (including phenoxy) is 1. The van der Waals surface area contributed by atoms with Crippen molar-refractivity contribution in [3.05, 3.63) is 23.5 Å². The second-order valence-corrected chi connectivity index (χ2v) is 4.69. The van der Waals surface area contributed by atoms with Gasteiger partial charge < -0.3 is 9.84 Å². The lowest BCUT2D eigenvalue weighted by Crippen LogP contribution is -2.24. The quantitative estimate of drug-likeness (QED) is 0.909. The molecular weight excluding hydrogens is 269 g/mol. The Hall–Kier alpha value is -1.12. The highest BCUT2D eigenvalue weighted by Crippen LogP contribution is 2.15. The van der Waals surface area contributed by atoms with Gasteiger partial charge >= 0.3 is 6.18 Å². The van der Waals surface area contributed by atoms with E-state index in [4.69, 9.17) is 0 Å². The molecule has 2 aromatic rings. The Morgan fingerprint density at radius 1 is 1.50 bits per heavy atom. The van der Waals surface area contributed by atoms with E-state index in [1.807, 2.05) is 11.6 Å². The Bertz CT molecular complexity index is 480. The van der Waals surface area contributed by atoms with Crippen molar-refractivity contribution in [2.45, 2.75) is 18.7 Å². The minimum Gasteiger partial charge on any atom is -0.390 e. The first-order valence-corrected chi connectivity index (χ1v) is 6.05. The number of nitrogens with zero attached hydrogens (tertiary/aromatic N) is 2. The predicted octanol–water partition coefficient (Wildman–Crippen LogP) is 1.88. The first-order valence-electron chi connectivity index (χ1n) is 5.18. The maximum absolute atomic E-state index is 11.8. The smallest absolute Gasteiger partial charge is 0.390 e. The summed E-state index contributed by atoms with van der Waals surface area (Å²) in [6.45, 7) is -1.70. The molecule has 0 saturated carbocycles. The molecule has 2 heterocycles. The van der Waals surface area contributed by atoms with E-state index < -0.39 is 18.9 Å². The summed E-state index contributed by atoms with van der Waals surface area (Å²) in [7, 11) is 0. The van der Waals surface area contributed by atoms with Crippen LogP contribution in [0.3, 0.4) is 0 Å². The Kier molecular flexibility index (Phi) is 3.88. The molecule has 2 rings (SSSR count). The minimum absolute atomic E-state index is 0.173. The van der Waals surface area contributed by atoms with Crippen molar-refractivity contribution in [1.29, 1.82) is 0 Å². The van der Waals surface area contributed by atoms with Gasteiger partial charge in [-0.3, -0.25) is 4.40 Å². The molecule has 18 heavy (non-hydrogen) atoms. The molecule has 4 nitrogen and oxygen atoms in total. The molecule has 0 spiro atoms. The van der Waals surface area contributed by atoms with Crippen molar-refractivity contribution in [2.24, 2.45) is 0 Å². The van der Waals surface area contributed by atoms with Gasteiger partial charge in [-0.05, 0) is 0 Å². The third-order valence-electron chi connectivity index (χ3n) is 2.16. The zero-order valence-corrected chi connectivity index (χ0v) is 10.0. The average Bonchev–Trinajstić information content (AvgIpc) is 2.75. The fourth-order valence-corrected chi connectivity index (χ4v) is 2.20. The third-order valence-corrected chi connectivity index (χ3v) is 2.93. The largest absolute Gasteiger partial charge is 0.411 e. The van der Waals surface area contributed by atoms with Gasteiger partial charge in [0.05, 0.1) is 18.4 Å². The van der Waals surface area contributed by atoms with Crippen molar-refractivity contribution in [3.8, 4) is 0 Å². The Morgan fingerprint density at radius 2 is 2.28 bits per heavy atom. The summed E-state index contributed by atoms with van der Waals surface area (Å²) in [5.41, 5.74) is 0.630. The molecule has 0 saturated heterocycles. The molecule has 1 unspecified atom stereocenters. The highest BCUT2D eigenvalue weighted by Gasteiger charge is 2.27. The monoisotopic (exact) mass is 280 g/mol. The molecule has 0 aromatic carbocycles. The van der Waals surface area contributed by atoms with Crippen LogP contribution in [0.15, 0.2) is 17.8 Å². The second kappa shape index (κ2) is 5.25. The number of hydrogen-bond donors (Lipinski definition) is 1. The van der Waals surface area contributed by atoms with Gasteiger partial charge in [0.2, 0.25) is 0 Å². The molecule has 1 atom stereocenters. The predicted molar refractivity (Wildman–Crippen MR) is 59.7 cm³/mol. The molecule has 1 N–H and O–H groups in total. The number of halogens is 3. The number of aromatic nitrogens is 2. The van der Waals surface area contributed by atoms with E-state index in [9.17, 15) is 18.3 Å². The number of hydrogen-bond acceptors (Lipinski definition) is 4. The zero-order chi connectivity index (χ0) is 13.2. The first-order chi connectivity index (χ1) is 8.44. The van der Waals surface area contributed by atoms with Crippen molar-refractivity contribution in [3.63, 3.8) is 0 Å². The van der Waals surface area contributed by atoms with Crippen LogP contribution in [0.2, 0.25) is 0 Å². The molecular formula is C10H11F3N2O2S. The van der Waals surface area contributed by atoms with Crippen molar-refractivity contribution >= 4 is 16.3 Å². The topological polar surface area (TPSA) is 46.8 Å². The Morgan fingerprint density at radius 3 is 2.94 bits per heavy atom.